The van der Waals surface area contributed by atoms with Crippen LogP contribution in [0, 0.1) is 0 Å². The van der Waals surface area contributed by atoms with Gasteiger partial charge in [0, 0.05) is 13.1 Å². The number of hydrogen-bond donors (Lipinski definition) is 2. The predicted octanol–water partition coefficient (Wildman–Crippen LogP) is 0.856. The Bertz CT molecular complexity index is 559. The molecule has 1 aromatic carbocycles. The summed E-state index contributed by atoms with van der Waals surface area (Å²) in [5.74, 6) is 0.219. The van der Waals surface area contributed by atoms with Crippen LogP contribution in [0.15, 0.2) is 12.1 Å². The van der Waals surface area contributed by atoms with Gasteiger partial charge < -0.3 is 24.8 Å². The van der Waals surface area contributed by atoms with Crippen molar-refractivity contribution in [1.82, 2.24) is 10.2 Å². The van der Waals surface area contributed by atoms with Gasteiger partial charge in [-0.15, -0.1) is 0 Å². The molecule has 0 radical (unpaired) electrons. The minimum Gasteiger partial charge on any atom is -0.493 e. The summed E-state index contributed by atoms with van der Waals surface area (Å²) in [6.45, 7) is 0.573. The number of aliphatic carboxylic acids is 1. The Morgan fingerprint density at radius 1 is 1.24 bits per heavy atom. The van der Waals surface area contributed by atoms with Gasteiger partial charge in [0.15, 0.2) is 11.5 Å². The Kier molecular flexibility index (Phi) is 4.52. The molecule has 1 aliphatic rings. The zero-order valence-electron chi connectivity index (χ0n) is 12.0. The zero-order chi connectivity index (χ0) is 15.4. The molecule has 0 aromatic heterocycles. The van der Waals surface area contributed by atoms with E-state index in [1.807, 2.05) is 12.1 Å². The van der Waals surface area contributed by atoms with Crippen LogP contribution >= 0.6 is 0 Å². The van der Waals surface area contributed by atoms with E-state index in [1.165, 1.54) is 0 Å². The highest BCUT2D eigenvalue weighted by molar-refractivity contribution is 5.80. The zero-order valence-corrected chi connectivity index (χ0v) is 12.0. The molecule has 0 saturated heterocycles. The molecule has 2 amide bonds. The first-order valence-corrected chi connectivity index (χ1v) is 6.53. The summed E-state index contributed by atoms with van der Waals surface area (Å²) in [4.78, 5) is 23.9. The minimum atomic E-state index is -1.06. The van der Waals surface area contributed by atoms with Gasteiger partial charge in [-0.3, -0.25) is 4.79 Å². The van der Waals surface area contributed by atoms with Gasteiger partial charge >= 0.3 is 12.0 Å². The van der Waals surface area contributed by atoms with Gasteiger partial charge in [-0.2, -0.15) is 0 Å². The van der Waals surface area contributed by atoms with Crippen LogP contribution in [-0.2, 0) is 17.8 Å². The summed E-state index contributed by atoms with van der Waals surface area (Å²) in [6.07, 6.45) is 0.691. The molecule has 0 unspecified atom stereocenters. The van der Waals surface area contributed by atoms with Crippen LogP contribution in [0.2, 0.25) is 0 Å². The molecule has 0 saturated carbocycles. The number of amides is 2. The molecule has 0 bridgehead atoms. The van der Waals surface area contributed by atoms with E-state index in [9.17, 15) is 9.59 Å². The van der Waals surface area contributed by atoms with E-state index >= 15 is 0 Å². The molecule has 7 nitrogen and oxygen atoms in total. The van der Waals surface area contributed by atoms with Gasteiger partial charge in [-0.25, -0.2) is 4.79 Å². The second-order valence-electron chi connectivity index (χ2n) is 4.70. The molecule has 1 aliphatic heterocycles. The van der Waals surface area contributed by atoms with Crippen LogP contribution in [0.1, 0.15) is 11.1 Å². The van der Waals surface area contributed by atoms with Gasteiger partial charge in [-0.1, -0.05) is 0 Å². The molecule has 7 heteroatoms. The maximum atomic E-state index is 11.9. The lowest BCUT2D eigenvalue weighted by molar-refractivity contribution is -0.135. The summed E-state index contributed by atoms with van der Waals surface area (Å²) in [7, 11) is 3.14. The molecule has 1 aromatic rings. The lowest BCUT2D eigenvalue weighted by atomic mass is 9.99. The Hall–Kier alpha value is -2.44. The molecule has 0 atom stereocenters. The van der Waals surface area contributed by atoms with E-state index in [1.54, 1.807) is 19.1 Å². The standard InChI is InChI=1S/C14H18N2O5/c1-20-11-5-9-3-4-16(14(19)15-7-13(17)18)8-10(9)6-12(11)21-2/h5-6H,3-4,7-8H2,1-2H3,(H,15,19)(H,17,18). The van der Waals surface area contributed by atoms with Crippen molar-refractivity contribution in [3.05, 3.63) is 23.3 Å². The first kappa shape index (κ1) is 15.0. The van der Waals surface area contributed by atoms with E-state index in [0.717, 1.165) is 11.1 Å². The van der Waals surface area contributed by atoms with Crippen molar-refractivity contribution in [2.45, 2.75) is 13.0 Å². The molecular formula is C14H18N2O5. The van der Waals surface area contributed by atoms with Crippen LogP contribution < -0.4 is 14.8 Å². The van der Waals surface area contributed by atoms with Crippen LogP contribution in [0.5, 0.6) is 11.5 Å². The fourth-order valence-corrected chi connectivity index (χ4v) is 2.32. The van der Waals surface area contributed by atoms with Gasteiger partial charge in [0.2, 0.25) is 0 Å². The molecule has 2 N–H and O–H groups in total. The minimum absolute atomic E-state index is 0.377. The third kappa shape index (κ3) is 3.36. The first-order valence-electron chi connectivity index (χ1n) is 6.53. The summed E-state index contributed by atoms with van der Waals surface area (Å²) in [6, 6.07) is 3.39. The fourth-order valence-electron chi connectivity index (χ4n) is 2.32. The number of carboxylic acids is 1. The van der Waals surface area contributed by atoms with Crippen LogP contribution in [-0.4, -0.2) is 49.3 Å². The van der Waals surface area contributed by atoms with E-state index in [-0.39, 0.29) is 12.6 Å². The Balaban J connectivity index is 2.12. The number of benzene rings is 1. The Morgan fingerprint density at radius 2 is 1.86 bits per heavy atom. The lowest BCUT2D eigenvalue weighted by Crippen LogP contribution is -2.44. The smallest absolute Gasteiger partial charge is 0.323 e. The summed E-state index contributed by atoms with van der Waals surface area (Å²) in [5, 5.41) is 10.9. The number of carboxylic acid groups (broad SMARTS) is 1. The quantitative estimate of drug-likeness (QED) is 0.859. The number of nitrogens with one attached hydrogen (secondary N) is 1. The van der Waals surface area contributed by atoms with Gasteiger partial charge in [0.05, 0.1) is 14.2 Å². The predicted molar refractivity (Wildman–Crippen MR) is 74.7 cm³/mol. The van der Waals surface area contributed by atoms with Crippen molar-refractivity contribution in [1.29, 1.82) is 0 Å². The van der Waals surface area contributed by atoms with Crippen molar-refractivity contribution in [3.8, 4) is 11.5 Å². The molecule has 114 valence electrons. The van der Waals surface area contributed by atoms with E-state index < -0.39 is 5.97 Å². The van der Waals surface area contributed by atoms with E-state index in [2.05, 4.69) is 5.32 Å². The number of fused-ring (bicyclic) bond motifs is 1. The summed E-state index contributed by atoms with van der Waals surface area (Å²) < 4.78 is 10.5. The number of ether oxygens (including phenoxy) is 2. The number of urea groups is 1. The van der Waals surface area contributed by atoms with Crippen LogP contribution in [0.4, 0.5) is 4.79 Å². The van der Waals surface area contributed by atoms with Crippen LogP contribution in [0.25, 0.3) is 0 Å². The topological polar surface area (TPSA) is 88.1 Å². The van der Waals surface area contributed by atoms with Gasteiger partial charge in [-0.05, 0) is 29.7 Å². The molecule has 2 rings (SSSR count). The van der Waals surface area contributed by atoms with Gasteiger partial charge in [0.25, 0.3) is 0 Å². The highest BCUT2D eigenvalue weighted by Crippen LogP contribution is 2.33. The SMILES string of the molecule is COc1cc2c(cc1OC)CN(C(=O)NCC(=O)O)CC2. The number of carbonyl (C=O) groups is 2. The first-order chi connectivity index (χ1) is 10.0. The third-order valence-corrected chi connectivity index (χ3v) is 3.40. The van der Waals surface area contributed by atoms with Crippen molar-refractivity contribution in [2.24, 2.45) is 0 Å². The lowest BCUT2D eigenvalue weighted by Gasteiger charge is -2.29. The maximum absolute atomic E-state index is 11.9. The summed E-state index contributed by atoms with van der Waals surface area (Å²) >= 11 is 0. The second kappa shape index (κ2) is 6.34. The average Bonchev–Trinajstić information content (AvgIpc) is 2.50. The van der Waals surface area contributed by atoms with Crippen LogP contribution in [0.3, 0.4) is 0 Å². The largest absolute Gasteiger partial charge is 0.493 e. The van der Waals surface area contributed by atoms with E-state index in [4.69, 9.17) is 14.6 Å². The average molecular weight is 294 g/mol. The number of carbonyl (C=O) groups excluding carboxylic acids is 1. The number of hydrogen-bond acceptors (Lipinski definition) is 4. The monoisotopic (exact) mass is 294 g/mol. The molecule has 1 heterocycles. The Morgan fingerprint density at radius 3 is 2.43 bits per heavy atom. The van der Waals surface area contributed by atoms with Crippen molar-refractivity contribution >= 4 is 12.0 Å². The second-order valence-corrected chi connectivity index (χ2v) is 4.70. The fraction of sp³-hybridized carbons (Fsp3) is 0.429. The molecular weight excluding hydrogens is 276 g/mol. The summed E-state index contributed by atoms with van der Waals surface area (Å²) in [5.41, 5.74) is 2.08. The molecule has 0 fully saturated rings. The van der Waals surface area contributed by atoms with Crippen molar-refractivity contribution in [2.75, 3.05) is 27.3 Å². The van der Waals surface area contributed by atoms with E-state index in [0.29, 0.717) is 31.0 Å². The number of rotatable bonds is 4. The highest BCUT2D eigenvalue weighted by atomic mass is 16.5. The van der Waals surface area contributed by atoms with Crippen molar-refractivity contribution < 1.29 is 24.2 Å². The number of methoxy groups -OCH3 is 2. The highest BCUT2D eigenvalue weighted by Gasteiger charge is 2.22. The van der Waals surface area contributed by atoms with Gasteiger partial charge in [0.1, 0.15) is 6.54 Å². The molecule has 0 aliphatic carbocycles. The maximum Gasteiger partial charge on any atom is 0.323 e. The third-order valence-electron chi connectivity index (χ3n) is 3.40. The normalized spacial score (nSPS) is 13.3. The number of nitrogens with zero attached hydrogens (tertiary/aromatic N) is 1. The Labute approximate surface area is 122 Å². The molecule has 0 spiro atoms. The molecule has 21 heavy (non-hydrogen) atoms. The van der Waals surface area contributed by atoms with Crippen molar-refractivity contribution in [3.63, 3.8) is 0 Å².